The molecular formula is C18H29NO2. The molecule has 21 heavy (non-hydrogen) atoms. The van der Waals surface area contributed by atoms with E-state index >= 15 is 0 Å². The maximum Gasteiger partial charge on any atom is 0.122 e. The fraction of sp³-hybridized carbons (Fsp3) is 0.556. The monoisotopic (exact) mass is 291 g/mol. The molecule has 0 heterocycles. The van der Waals surface area contributed by atoms with Crippen molar-refractivity contribution in [1.29, 1.82) is 0 Å². The van der Waals surface area contributed by atoms with Gasteiger partial charge in [-0.1, -0.05) is 30.7 Å². The van der Waals surface area contributed by atoms with E-state index < -0.39 is 0 Å². The van der Waals surface area contributed by atoms with Gasteiger partial charge in [0.25, 0.3) is 0 Å². The summed E-state index contributed by atoms with van der Waals surface area (Å²) in [5, 5.41) is 3.40. The van der Waals surface area contributed by atoms with E-state index in [0.717, 1.165) is 31.7 Å². The topological polar surface area (TPSA) is 30.5 Å². The second kappa shape index (κ2) is 10.4. The van der Waals surface area contributed by atoms with Crippen LogP contribution in [0.1, 0.15) is 31.4 Å². The van der Waals surface area contributed by atoms with E-state index in [9.17, 15) is 0 Å². The Balaban J connectivity index is 2.22. The van der Waals surface area contributed by atoms with Crippen molar-refractivity contribution in [2.24, 2.45) is 0 Å². The maximum absolute atomic E-state index is 5.80. The lowest BCUT2D eigenvalue weighted by Crippen LogP contribution is -2.29. The summed E-state index contributed by atoms with van der Waals surface area (Å²) in [7, 11) is 0. The zero-order valence-corrected chi connectivity index (χ0v) is 13.7. The Morgan fingerprint density at radius 3 is 2.81 bits per heavy atom. The Bertz CT molecular complexity index is 418. The minimum absolute atomic E-state index is 0.555. The lowest BCUT2D eigenvalue weighted by atomic mass is 10.1. The maximum atomic E-state index is 5.80. The van der Waals surface area contributed by atoms with Crippen molar-refractivity contribution in [3.8, 4) is 5.75 Å². The molecule has 0 radical (unpaired) electrons. The first-order chi connectivity index (χ1) is 10.2. The lowest BCUT2D eigenvalue weighted by Gasteiger charge is -2.13. The number of nitrogens with one attached hydrogen (secondary N) is 1. The molecule has 1 atom stereocenters. The highest BCUT2D eigenvalue weighted by Crippen LogP contribution is 2.20. The van der Waals surface area contributed by atoms with E-state index in [1.807, 2.05) is 12.1 Å². The first-order valence-electron chi connectivity index (χ1n) is 7.81. The van der Waals surface area contributed by atoms with E-state index in [-0.39, 0.29) is 0 Å². The summed E-state index contributed by atoms with van der Waals surface area (Å²) in [6.45, 7) is 13.0. The summed E-state index contributed by atoms with van der Waals surface area (Å²) in [5.74, 6) is 0.932. The Kier molecular flexibility index (Phi) is 8.79. The average Bonchev–Trinajstić information content (AvgIpc) is 2.48. The van der Waals surface area contributed by atoms with Crippen molar-refractivity contribution in [2.75, 3.05) is 26.4 Å². The number of rotatable bonds is 11. The van der Waals surface area contributed by atoms with Gasteiger partial charge in [0.1, 0.15) is 12.4 Å². The van der Waals surface area contributed by atoms with Crippen LogP contribution in [-0.2, 0) is 11.2 Å². The molecule has 3 heteroatoms. The highest BCUT2D eigenvalue weighted by Gasteiger charge is 2.03. The largest absolute Gasteiger partial charge is 0.491 e. The van der Waals surface area contributed by atoms with E-state index in [4.69, 9.17) is 9.47 Å². The smallest absolute Gasteiger partial charge is 0.122 e. The van der Waals surface area contributed by atoms with Gasteiger partial charge in [-0.25, -0.2) is 0 Å². The first kappa shape index (κ1) is 17.7. The first-order valence-corrected chi connectivity index (χ1v) is 7.81. The standard InChI is InChI=1S/C18H29NO2/c1-5-7-17-14-15(3)8-9-18(17)21-13-12-20-11-10-19-16(4)6-2/h5,8-9,14,16,19H,1,6-7,10-13H2,2-4H3. The van der Waals surface area contributed by atoms with Gasteiger partial charge in [-0.05, 0) is 38.3 Å². The number of ether oxygens (including phenoxy) is 2. The van der Waals surface area contributed by atoms with Gasteiger partial charge in [0.15, 0.2) is 0 Å². The van der Waals surface area contributed by atoms with Crippen LogP contribution in [0.2, 0.25) is 0 Å². The Labute approximate surface area is 129 Å². The molecule has 0 aliphatic rings. The zero-order chi connectivity index (χ0) is 15.5. The van der Waals surface area contributed by atoms with Crippen molar-refractivity contribution in [3.63, 3.8) is 0 Å². The minimum Gasteiger partial charge on any atom is -0.491 e. The molecule has 118 valence electrons. The normalized spacial score (nSPS) is 12.1. The van der Waals surface area contributed by atoms with Crippen LogP contribution >= 0.6 is 0 Å². The van der Waals surface area contributed by atoms with Crippen LogP contribution in [0, 0.1) is 6.92 Å². The molecule has 3 nitrogen and oxygen atoms in total. The molecule has 0 aliphatic carbocycles. The van der Waals surface area contributed by atoms with Crippen molar-refractivity contribution in [2.45, 2.75) is 39.7 Å². The summed E-state index contributed by atoms with van der Waals surface area (Å²) in [4.78, 5) is 0. The van der Waals surface area contributed by atoms with Gasteiger partial charge in [-0.2, -0.15) is 0 Å². The van der Waals surface area contributed by atoms with Gasteiger partial charge in [-0.3, -0.25) is 0 Å². The third-order valence-electron chi connectivity index (χ3n) is 3.42. The van der Waals surface area contributed by atoms with E-state index in [1.165, 1.54) is 11.1 Å². The van der Waals surface area contributed by atoms with Gasteiger partial charge in [0, 0.05) is 12.6 Å². The predicted octanol–water partition coefficient (Wildman–Crippen LogP) is 3.51. The summed E-state index contributed by atoms with van der Waals surface area (Å²) in [6.07, 6.45) is 3.87. The highest BCUT2D eigenvalue weighted by molar-refractivity contribution is 5.38. The third-order valence-corrected chi connectivity index (χ3v) is 3.42. The van der Waals surface area contributed by atoms with Crippen molar-refractivity contribution < 1.29 is 9.47 Å². The Morgan fingerprint density at radius 2 is 2.10 bits per heavy atom. The molecule has 1 N–H and O–H groups in total. The number of hydrogen-bond donors (Lipinski definition) is 1. The van der Waals surface area contributed by atoms with Gasteiger partial charge in [0.2, 0.25) is 0 Å². The fourth-order valence-corrected chi connectivity index (χ4v) is 2.00. The number of benzene rings is 1. The second-order valence-electron chi connectivity index (χ2n) is 5.33. The van der Waals surface area contributed by atoms with Crippen LogP contribution < -0.4 is 10.1 Å². The fourth-order valence-electron chi connectivity index (χ4n) is 2.00. The molecule has 0 spiro atoms. The van der Waals surface area contributed by atoms with Crippen LogP contribution in [0.25, 0.3) is 0 Å². The third kappa shape index (κ3) is 7.30. The molecule has 0 aliphatic heterocycles. The Hall–Kier alpha value is -1.32. The van der Waals surface area contributed by atoms with E-state index in [2.05, 4.69) is 44.8 Å². The highest BCUT2D eigenvalue weighted by atomic mass is 16.5. The minimum atomic E-state index is 0.555. The summed E-state index contributed by atoms with van der Waals surface area (Å²) >= 11 is 0. The molecule has 0 fully saturated rings. The molecule has 1 aromatic rings. The quantitative estimate of drug-likeness (QED) is 0.500. The predicted molar refractivity (Wildman–Crippen MR) is 89.1 cm³/mol. The summed E-state index contributed by atoms with van der Waals surface area (Å²) in [5.41, 5.74) is 2.43. The van der Waals surface area contributed by atoms with Crippen molar-refractivity contribution in [1.82, 2.24) is 5.32 Å². The number of hydrogen-bond acceptors (Lipinski definition) is 3. The SMILES string of the molecule is C=CCc1cc(C)ccc1OCCOCCNC(C)CC. The van der Waals surface area contributed by atoms with Crippen LogP contribution in [-0.4, -0.2) is 32.4 Å². The Morgan fingerprint density at radius 1 is 1.29 bits per heavy atom. The van der Waals surface area contributed by atoms with Gasteiger partial charge >= 0.3 is 0 Å². The van der Waals surface area contributed by atoms with Gasteiger partial charge < -0.3 is 14.8 Å². The van der Waals surface area contributed by atoms with E-state index in [1.54, 1.807) is 0 Å². The molecule has 0 bridgehead atoms. The summed E-state index contributed by atoms with van der Waals surface area (Å²) < 4.78 is 11.4. The zero-order valence-electron chi connectivity index (χ0n) is 13.7. The second-order valence-corrected chi connectivity index (χ2v) is 5.33. The lowest BCUT2D eigenvalue weighted by molar-refractivity contribution is 0.100. The molecule has 1 rings (SSSR count). The van der Waals surface area contributed by atoms with Gasteiger partial charge in [-0.15, -0.1) is 6.58 Å². The molecule has 0 saturated heterocycles. The molecule has 0 amide bonds. The molecule has 1 aromatic carbocycles. The molecule has 0 saturated carbocycles. The number of aryl methyl sites for hydroxylation is 1. The molecule has 0 aromatic heterocycles. The molecular weight excluding hydrogens is 262 g/mol. The van der Waals surface area contributed by atoms with Crippen LogP contribution in [0.15, 0.2) is 30.9 Å². The summed E-state index contributed by atoms with van der Waals surface area (Å²) in [6, 6.07) is 6.80. The van der Waals surface area contributed by atoms with Gasteiger partial charge in [0.05, 0.1) is 13.2 Å². The average molecular weight is 291 g/mol. The van der Waals surface area contributed by atoms with Crippen LogP contribution in [0.4, 0.5) is 0 Å². The van der Waals surface area contributed by atoms with Crippen molar-refractivity contribution >= 4 is 0 Å². The van der Waals surface area contributed by atoms with Crippen LogP contribution in [0.5, 0.6) is 5.75 Å². The van der Waals surface area contributed by atoms with E-state index in [0.29, 0.717) is 19.3 Å². The molecule has 1 unspecified atom stereocenters. The van der Waals surface area contributed by atoms with Crippen LogP contribution in [0.3, 0.4) is 0 Å². The number of allylic oxidation sites excluding steroid dienone is 1. The van der Waals surface area contributed by atoms with Crippen molar-refractivity contribution in [3.05, 3.63) is 42.0 Å².